The summed E-state index contributed by atoms with van der Waals surface area (Å²) < 4.78 is 5.55. The van der Waals surface area contributed by atoms with Crippen LogP contribution in [0.3, 0.4) is 0 Å². The molecule has 0 spiro atoms. The molecular formula is C22H24N4O2. The average Bonchev–Trinajstić information content (AvgIpc) is 2.66. The predicted molar refractivity (Wildman–Crippen MR) is 112 cm³/mol. The third-order valence-corrected chi connectivity index (χ3v) is 4.24. The van der Waals surface area contributed by atoms with E-state index in [0.29, 0.717) is 24.0 Å². The zero-order valence-electron chi connectivity index (χ0n) is 16.5. The van der Waals surface area contributed by atoms with Crippen molar-refractivity contribution in [1.29, 1.82) is 0 Å². The summed E-state index contributed by atoms with van der Waals surface area (Å²) in [4.78, 5) is 21.3. The molecule has 0 bridgehead atoms. The van der Waals surface area contributed by atoms with Crippen LogP contribution >= 0.6 is 0 Å². The third kappa shape index (κ3) is 4.46. The zero-order chi connectivity index (χ0) is 20.1. The van der Waals surface area contributed by atoms with Crippen molar-refractivity contribution < 1.29 is 9.53 Å². The normalized spacial score (nSPS) is 10.4. The second kappa shape index (κ2) is 8.52. The second-order valence-electron chi connectivity index (χ2n) is 6.55. The van der Waals surface area contributed by atoms with Crippen molar-refractivity contribution in [2.75, 3.05) is 17.2 Å². The van der Waals surface area contributed by atoms with Crippen molar-refractivity contribution in [1.82, 2.24) is 9.97 Å². The molecule has 3 aromatic rings. The van der Waals surface area contributed by atoms with Crippen molar-refractivity contribution >= 4 is 23.2 Å². The van der Waals surface area contributed by atoms with Gasteiger partial charge in [-0.15, -0.1) is 0 Å². The van der Waals surface area contributed by atoms with Gasteiger partial charge in [-0.05, 0) is 57.0 Å². The summed E-state index contributed by atoms with van der Waals surface area (Å²) in [6.45, 7) is 8.54. The lowest BCUT2D eigenvalue weighted by Crippen LogP contribution is -2.15. The maximum absolute atomic E-state index is 12.7. The van der Waals surface area contributed by atoms with Crippen LogP contribution < -0.4 is 15.4 Å². The number of para-hydroxylation sites is 2. The van der Waals surface area contributed by atoms with Gasteiger partial charge in [0.15, 0.2) is 0 Å². The van der Waals surface area contributed by atoms with E-state index in [2.05, 4.69) is 39.7 Å². The van der Waals surface area contributed by atoms with E-state index in [1.165, 1.54) is 5.56 Å². The Bertz CT molecular complexity index is 978. The third-order valence-electron chi connectivity index (χ3n) is 4.24. The summed E-state index contributed by atoms with van der Waals surface area (Å²) in [6, 6.07) is 13.1. The second-order valence-corrected chi connectivity index (χ2v) is 6.55. The van der Waals surface area contributed by atoms with Gasteiger partial charge >= 0.3 is 0 Å². The Morgan fingerprint density at radius 1 is 1.07 bits per heavy atom. The molecule has 0 aliphatic carbocycles. The molecule has 0 saturated carbocycles. The van der Waals surface area contributed by atoms with Gasteiger partial charge in [0.1, 0.15) is 11.4 Å². The number of carbonyl (C=O) groups excluding carboxylic acids is 1. The van der Waals surface area contributed by atoms with Crippen molar-refractivity contribution in [3.8, 4) is 5.75 Å². The van der Waals surface area contributed by atoms with Crippen LogP contribution in [-0.4, -0.2) is 22.5 Å². The first kappa shape index (κ1) is 19.4. The Morgan fingerprint density at radius 3 is 2.50 bits per heavy atom. The number of rotatable bonds is 6. The molecule has 3 rings (SSSR count). The summed E-state index contributed by atoms with van der Waals surface area (Å²) in [6.07, 6.45) is 1.57. The van der Waals surface area contributed by atoms with Crippen LogP contribution in [0.25, 0.3) is 0 Å². The van der Waals surface area contributed by atoms with Gasteiger partial charge in [-0.3, -0.25) is 4.79 Å². The lowest BCUT2D eigenvalue weighted by atomic mass is 10.1. The number of benzene rings is 2. The van der Waals surface area contributed by atoms with Gasteiger partial charge in [0, 0.05) is 11.9 Å². The molecule has 6 nitrogen and oxygen atoms in total. The number of ether oxygens (including phenoxy) is 1. The molecule has 0 aliphatic heterocycles. The number of aryl methyl sites for hydroxylation is 3. The van der Waals surface area contributed by atoms with Gasteiger partial charge in [0.2, 0.25) is 5.95 Å². The van der Waals surface area contributed by atoms with E-state index >= 15 is 0 Å². The number of anilines is 3. The summed E-state index contributed by atoms with van der Waals surface area (Å²) in [5.41, 5.74) is 5.22. The number of aromatic nitrogens is 2. The fourth-order valence-corrected chi connectivity index (χ4v) is 3.07. The quantitative estimate of drug-likeness (QED) is 0.646. The predicted octanol–water partition coefficient (Wildman–Crippen LogP) is 4.80. The fraction of sp³-hybridized carbons (Fsp3) is 0.227. The largest absolute Gasteiger partial charge is 0.492 e. The molecule has 0 fully saturated rings. The fourth-order valence-electron chi connectivity index (χ4n) is 3.07. The number of carbonyl (C=O) groups is 1. The Kier molecular flexibility index (Phi) is 5.89. The molecule has 0 atom stereocenters. The molecule has 2 aromatic carbocycles. The SMILES string of the molecule is CCOc1ccccc1NC(=O)c1ccnc(Nc2c(C)cc(C)cc2C)n1. The lowest BCUT2D eigenvalue weighted by Gasteiger charge is -2.13. The molecule has 144 valence electrons. The van der Waals surface area contributed by atoms with Crippen LogP contribution in [0.15, 0.2) is 48.7 Å². The summed E-state index contributed by atoms with van der Waals surface area (Å²) >= 11 is 0. The van der Waals surface area contributed by atoms with Crippen molar-refractivity contribution in [2.24, 2.45) is 0 Å². The minimum atomic E-state index is -0.324. The topological polar surface area (TPSA) is 76.1 Å². The number of nitrogens with zero attached hydrogens (tertiary/aromatic N) is 2. The maximum atomic E-state index is 12.7. The minimum Gasteiger partial charge on any atom is -0.492 e. The molecule has 6 heteroatoms. The van der Waals surface area contributed by atoms with Crippen LogP contribution in [0.5, 0.6) is 5.75 Å². The first-order valence-electron chi connectivity index (χ1n) is 9.19. The molecular weight excluding hydrogens is 352 g/mol. The Balaban J connectivity index is 1.81. The molecule has 0 saturated heterocycles. The summed E-state index contributed by atoms with van der Waals surface area (Å²) in [7, 11) is 0. The highest BCUT2D eigenvalue weighted by Crippen LogP contribution is 2.26. The van der Waals surface area contributed by atoms with E-state index in [1.54, 1.807) is 18.3 Å². The van der Waals surface area contributed by atoms with Crippen LogP contribution in [0.2, 0.25) is 0 Å². The highest BCUT2D eigenvalue weighted by Gasteiger charge is 2.13. The highest BCUT2D eigenvalue weighted by atomic mass is 16.5. The van der Waals surface area contributed by atoms with E-state index < -0.39 is 0 Å². The van der Waals surface area contributed by atoms with Gasteiger partial charge < -0.3 is 15.4 Å². The Labute approximate surface area is 165 Å². The van der Waals surface area contributed by atoms with Gasteiger partial charge in [-0.25, -0.2) is 9.97 Å². The molecule has 0 aliphatic rings. The molecule has 0 unspecified atom stereocenters. The maximum Gasteiger partial charge on any atom is 0.274 e. The van der Waals surface area contributed by atoms with Gasteiger partial charge in [0.05, 0.1) is 12.3 Å². The Hall–Kier alpha value is -3.41. The van der Waals surface area contributed by atoms with Gasteiger partial charge in [-0.1, -0.05) is 29.8 Å². The van der Waals surface area contributed by atoms with Crippen LogP contribution in [0.4, 0.5) is 17.3 Å². The smallest absolute Gasteiger partial charge is 0.274 e. The molecule has 1 amide bonds. The first-order valence-corrected chi connectivity index (χ1v) is 9.19. The monoisotopic (exact) mass is 376 g/mol. The minimum absolute atomic E-state index is 0.270. The summed E-state index contributed by atoms with van der Waals surface area (Å²) in [5, 5.41) is 6.08. The van der Waals surface area contributed by atoms with Gasteiger partial charge in [0.25, 0.3) is 5.91 Å². The van der Waals surface area contributed by atoms with E-state index in [0.717, 1.165) is 16.8 Å². The standard InChI is InChI=1S/C22H24N4O2/c1-5-28-19-9-7-6-8-17(19)24-21(27)18-10-11-23-22(25-18)26-20-15(3)12-14(2)13-16(20)4/h6-13H,5H2,1-4H3,(H,24,27)(H,23,25,26). The van der Waals surface area contributed by atoms with Crippen molar-refractivity contribution in [3.05, 3.63) is 71.0 Å². The van der Waals surface area contributed by atoms with Crippen LogP contribution in [-0.2, 0) is 0 Å². The van der Waals surface area contributed by atoms with Crippen LogP contribution in [0, 0.1) is 20.8 Å². The summed E-state index contributed by atoms with van der Waals surface area (Å²) in [5.74, 6) is 0.674. The molecule has 28 heavy (non-hydrogen) atoms. The molecule has 2 N–H and O–H groups in total. The number of hydrogen-bond acceptors (Lipinski definition) is 5. The van der Waals surface area contributed by atoms with E-state index in [4.69, 9.17) is 4.74 Å². The number of nitrogens with one attached hydrogen (secondary N) is 2. The zero-order valence-corrected chi connectivity index (χ0v) is 16.5. The first-order chi connectivity index (χ1) is 13.5. The van der Waals surface area contributed by atoms with Crippen molar-refractivity contribution in [3.63, 3.8) is 0 Å². The number of amides is 1. The molecule has 1 aromatic heterocycles. The molecule has 0 radical (unpaired) electrons. The van der Waals surface area contributed by atoms with E-state index in [-0.39, 0.29) is 11.6 Å². The average molecular weight is 376 g/mol. The van der Waals surface area contributed by atoms with E-state index in [9.17, 15) is 4.79 Å². The Morgan fingerprint density at radius 2 is 1.79 bits per heavy atom. The van der Waals surface area contributed by atoms with Crippen LogP contribution in [0.1, 0.15) is 34.1 Å². The van der Waals surface area contributed by atoms with Gasteiger partial charge in [-0.2, -0.15) is 0 Å². The van der Waals surface area contributed by atoms with E-state index in [1.807, 2.05) is 39.0 Å². The molecule has 1 heterocycles. The van der Waals surface area contributed by atoms with Crippen molar-refractivity contribution in [2.45, 2.75) is 27.7 Å². The lowest BCUT2D eigenvalue weighted by molar-refractivity contribution is 0.102. The number of hydrogen-bond donors (Lipinski definition) is 2. The highest BCUT2D eigenvalue weighted by molar-refractivity contribution is 6.03.